The number of benzene rings is 1. The molecular formula is C11H13F2NO4S. The molecule has 0 saturated carbocycles. The van der Waals surface area contributed by atoms with Gasteiger partial charge in [-0.15, -0.1) is 8.78 Å². The quantitative estimate of drug-likeness (QED) is 0.926. The van der Waals surface area contributed by atoms with E-state index in [0.29, 0.717) is 0 Å². The third-order valence-corrected chi connectivity index (χ3v) is 3.88. The zero-order chi connectivity index (χ0) is 14.3. The summed E-state index contributed by atoms with van der Waals surface area (Å²) in [4.78, 5) is 0. The summed E-state index contributed by atoms with van der Waals surface area (Å²) in [5.41, 5.74) is 0.153. The van der Waals surface area contributed by atoms with Crippen molar-refractivity contribution in [1.82, 2.24) is 0 Å². The number of nitrogens with one attached hydrogen (secondary N) is 1. The maximum absolute atomic E-state index is 12.8. The fourth-order valence-corrected chi connectivity index (χ4v) is 3.12. The first-order chi connectivity index (χ1) is 8.67. The van der Waals surface area contributed by atoms with E-state index in [0.717, 1.165) is 6.07 Å². The maximum atomic E-state index is 12.8. The van der Waals surface area contributed by atoms with Gasteiger partial charge in [0.25, 0.3) is 0 Å². The summed E-state index contributed by atoms with van der Waals surface area (Å²) in [5.74, 6) is -0.431. The molecule has 0 aromatic heterocycles. The van der Waals surface area contributed by atoms with Crippen molar-refractivity contribution in [1.29, 1.82) is 0 Å². The lowest BCUT2D eigenvalue weighted by atomic mass is 10.3. The van der Waals surface area contributed by atoms with Crippen LogP contribution in [-0.2, 0) is 10.0 Å². The SMILES string of the molecule is CC(C)CS(=O)(=O)Nc1ccc2c(c1)OC(F)(F)O2. The van der Waals surface area contributed by atoms with Gasteiger partial charge in [-0.3, -0.25) is 4.72 Å². The minimum atomic E-state index is -3.71. The first-order valence-corrected chi connectivity index (χ1v) is 7.22. The average Bonchev–Trinajstić information content (AvgIpc) is 2.47. The van der Waals surface area contributed by atoms with Gasteiger partial charge in [0.15, 0.2) is 11.5 Å². The van der Waals surface area contributed by atoms with Crippen molar-refractivity contribution in [2.45, 2.75) is 20.1 Å². The Labute approximate surface area is 109 Å². The fraction of sp³-hybridized carbons (Fsp3) is 0.455. The predicted molar refractivity (Wildman–Crippen MR) is 64.9 cm³/mol. The molecule has 0 fully saturated rings. The van der Waals surface area contributed by atoms with Gasteiger partial charge in [0.2, 0.25) is 10.0 Å². The lowest BCUT2D eigenvalue weighted by molar-refractivity contribution is -0.286. The van der Waals surface area contributed by atoms with Gasteiger partial charge in [-0.05, 0) is 18.1 Å². The van der Waals surface area contributed by atoms with Crippen LogP contribution < -0.4 is 14.2 Å². The summed E-state index contributed by atoms with van der Waals surface area (Å²) in [6, 6.07) is 3.72. The molecule has 0 saturated heterocycles. The molecular weight excluding hydrogens is 280 g/mol. The van der Waals surface area contributed by atoms with E-state index in [1.54, 1.807) is 13.8 Å². The molecule has 8 heteroatoms. The van der Waals surface area contributed by atoms with Crippen LogP contribution in [0.2, 0.25) is 0 Å². The number of hydrogen-bond donors (Lipinski definition) is 1. The van der Waals surface area contributed by atoms with E-state index in [-0.39, 0.29) is 28.9 Å². The van der Waals surface area contributed by atoms with E-state index in [4.69, 9.17) is 0 Å². The predicted octanol–water partition coefficient (Wildman–Crippen LogP) is 2.41. The number of rotatable bonds is 4. The third kappa shape index (κ3) is 3.46. The largest absolute Gasteiger partial charge is 0.586 e. The highest BCUT2D eigenvalue weighted by Crippen LogP contribution is 2.42. The molecule has 1 heterocycles. The first-order valence-electron chi connectivity index (χ1n) is 5.57. The van der Waals surface area contributed by atoms with Gasteiger partial charge in [-0.2, -0.15) is 0 Å². The maximum Gasteiger partial charge on any atom is 0.586 e. The van der Waals surface area contributed by atoms with Crippen LogP contribution >= 0.6 is 0 Å². The van der Waals surface area contributed by atoms with Gasteiger partial charge in [0, 0.05) is 6.07 Å². The molecule has 0 amide bonds. The van der Waals surface area contributed by atoms with E-state index in [1.165, 1.54) is 12.1 Å². The van der Waals surface area contributed by atoms with Gasteiger partial charge in [-0.1, -0.05) is 13.8 Å². The smallest absolute Gasteiger partial charge is 0.395 e. The Morgan fingerprint density at radius 1 is 1.26 bits per heavy atom. The summed E-state index contributed by atoms with van der Waals surface area (Å²) >= 11 is 0. The molecule has 2 rings (SSSR count). The van der Waals surface area contributed by atoms with Gasteiger partial charge in [0.05, 0.1) is 11.4 Å². The number of alkyl halides is 2. The molecule has 5 nitrogen and oxygen atoms in total. The summed E-state index contributed by atoms with van der Waals surface area (Å²) in [5, 5.41) is 0. The summed E-state index contributed by atoms with van der Waals surface area (Å²) < 4.78 is 59.8. The highest BCUT2D eigenvalue weighted by molar-refractivity contribution is 7.92. The van der Waals surface area contributed by atoms with E-state index >= 15 is 0 Å². The van der Waals surface area contributed by atoms with E-state index in [2.05, 4.69) is 14.2 Å². The van der Waals surface area contributed by atoms with Crippen molar-refractivity contribution in [3.63, 3.8) is 0 Å². The lowest BCUT2D eigenvalue weighted by Gasteiger charge is -2.10. The van der Waals surface area contributed by atoms with Gasteiger partial charge < -0.3 is 9.47 Å². The molecule has 0 spiro atoms. The Hall–Kier alpha value is -1.57. The standard InChI is InChI=1S/C11H13F2NO4S/c1-7(2)6-19(15,16)14-8-3-4-9-10(5-8)18-11(12,13)17-9/h3-5,7,14H,6H2,1-2H3. The minimum Gasteiger partial charge on any atom is -0.395 e. The van der Waals surface area contributed by atoms with E-state index in [9.17, 15) is 17.2 Å². The Balaban J connectivity index is 2.17. The number of halogens is 2. The fourth-order valence-electron chi connectivity index (χ4n) is 1.67. The topological polar surface area (TPSA) is 64.6 Å². The van der Waals surface area contributed by atoms with Gasteiger partial charge in [-0.25, -0.2) is 8.42 Å². The molecule has 0 radical (unpaired) electrons. The van der Waals surface area contributed by atoms with Crippen LogP contribution in [-0.4, -0.2) is 20.5 Å². The number of fused-ring (bicyclic) bond motifs is 1. The van der Waals surface area contributed by atoms with E-state index < -0.39 is 16.3 Å². The highest BCUT2D eigenvalue weighted by Gasteiger charge is 2.43. The number of ether oxygens (including phenoxy) is 2. The van der Waals surface area contributed by atoms with Crippen molar-refractivity contribution < 1.29 is 26.7 Å². The summed E-state index contributed by atoms with van der Waals surface area (Å²) in [7, 11) is -3.51. The molecule has 0 unspecified atom stereocenters. The van der Waals surface area contributed by atoms with Crippen LogP contribution in [0.1, 0.15) is 13.8 Å². The third-order valence-electron chi connectivity index (χ3n) is 2.23. The molecule has 0 atom stereocenters. The van der Waals surface area contributed by atoms with Crippen LogP contribution in [0.15, 0.2) is 18.2 Å². The summed E-state index contributed by atoms with van der Waals surface area (Å²) in [6.07, 6.45) is -3.71. The van der Waals surface area contributed by atoms with Gasteiger partial charge >= 0.3 is 6.29 Å². The molecule has 106 valence electrons. The van der Waals surface area contributed by atoms with E-state index in [1.807, 2.05) is 0 Å². The molecule has 1 aliphatic heterocycles. The van der Waals surface area contributed by atoms with Crippen LogP contribution in [0.5, 0.6) is 11.5 Å². The van der Waals surface area contributed by atoms with Crippen molar-refractivity contribution in [3.8, 4) is 11.5 Å². The van der Waals surface area contributed by atoms with Crippen molar-refractivity contribution in [2.75, 3.05) is 10.5 Å². The second-order valence-corrected chi connectivity index (χ2v) is 6.37. The number of anilines is 1. The highest BCUT2D eigenvalue weighted by atomic mass is 32.2. The summed E-state index contributed by atoms with van der Waals surface area (Å²) in [6.45, 7) is 3.53. The molecule has 1 aromatic carbocycles. The average molecular weight is 293 g/mol. The Bertz CT molecular complexity index is 586. The number of hydrogen-bond acceptors (Lipinski definition) is 4. The molecule has 1 aliphatic rings. The molecule has 0 bridgehead atoms. The minimum absolute atomic E-state index is 0.0455. The van der Waals surface area contributed by atoms with Crippen LogP contribution in [0.25, 0.3) is 0 Å². The zero-order valence-electron chi connectivity index (χ0n) is 10.3. The Kier molecular flexibility index (Phi) is 3.29. The Morgan fingerprint density at radius 3 is 2.53 bits per heavy atom. The Morgan fingerprint density at radius 2 is 1.89 bits per heavy atom. The van der Waals surface area contributed by atoms with Crippen molar-refractivity contribution in [3.05, 3.63) is 18.2 Å². The van der Waals surface area contributed by atoms with Crippen LogP contribution in [0.3, 0.4) is 0 Å². The van der Waals surface area contributed by atoms with Crippen molar-refractivity contribution >= 4 is 15.7 Å². The molecule has 19 heavy (non-hydrogen) atoms. The number of sulfonamides is 1. The molecule has 1 N–H and O–H groups in total. The second kappa shape index (κ2) is 4.52. The van der Waals surface area contributed by atoms with Crippen molar-refractivity contribution in [2.24, 2.45) is 5.92 Å². The lowest BCUT2D eigenvalue weighted by Crippen LogP contribution is -2.25. The normalized spacial score (nSPS) is 16.7. The molecule has 1 aromatic rings. The zero-order valence-corrected chi connectivity index (χ0v) is 11.1. The first kappa shape index (κ1) is 13.9. The second-order valence-electron chi connectivity index (χ2n) is 4.61. The van der Waals surface area contributed by atoms with Crippen LogP contribution in [0, 0.1) is 5.92 Å². The molecule has 0 aliphatic carbocycles. The van der Waals surface area contributed by atoms with Crippen LogP contribution in [0.4, 0.5) is 14.5 Å². The monoisotopic (exact) mass is 293 g/mol. The van der Waals surface area contributed by atoms with Gasteiger partial charge in [0.1, 0.15) is 0 Å².